The molecule has 1 N–H and O–H groups in total. The summed E-state index contributed by atoms with van der Waals surface area (Å²) in [6.07, 6.45) is 0.766. The van der Waals surface area contributed by atoms with E-state index in [1.54, 1.807) is 54.9 Å². The van der Waals surface area contributed by atoms with Crippen molar-refractivity contribution < 1.29 is 14.3 Å². The summed E-state index contributed by atoms with van der Waals surface area (Å²) in [5.41, 5.74) is 1.45. The number of benzene rings is 2. The van der Waals surface area contributed by atoms with Crippen LogP contribution in [0.5, 0.6) is 0 Å². The number of nitrogens with zero attached hydrogens (tertiary/aromatic N) is 3. The summed E-state index contributed by atoms with van der Waals surface area (Å²) < 4.78 is 6.61. The number of nitrogens with one attached hydrogen (secondary N) is 1. The molecule has 1 heterocycles. The molecule has 8 heteroatoms. The lowest BCUT2D eigenvalue weighted by atomic mass is 10.2. The van der Waals surface area contributed by atoms with Gasteiger partial charge in [0.15, 0.2) is 0 Å². The molecule has 32 heavy (non-hydrogen) atoms. The predicted octanol–water partition coefficient (Wildman–Crippen LogP) is 4.21. The number of aromatic nitrogens is 2. The van der Waals surface area contributed by atoms with Gasteiger partial charge in [-0.1, -0.05) is 19.1 Å². The molecule has 0 radical (unpaired) electrons. The van der Waals surface area contributed by atoms with Gasteiger partial charge in [0.1, 0.15) is 5.82 Å². The van der Waals surface area contributed by atoms with Gasteiger partial charge >= 0.3 is 12.0 Å². The second kappa shape index (κ2) is 10.1. The number of esters is 1. The van der Waals surface area contributed by atoms with Crippen molar-refractivity contribution in [2.24, 2.45) is 0 Å². The zero-order valence-electron chi connectivity index (χ0n) is 18.8. The highest BCUT2D eigenvalue weighted by Crippen LogP contribution is 2.20. The van der Waals surface area contributed by atoms with Gasteiger partial charge in [-0.15, -0.1) is 0 Å². The number of hydrogen-bond acceptors (Lipinski definition) is 5. The van der Waals surface area contributed by atoms with E-state index in [9.17, 15) is 14.4 Å². The first-order valence-electron chi connectivity index (χ1n) is 10.7. The summed E-state index contributed by atoms with van der Waals surface area (Å²) in [6, 6.07) is 12.9. The van der Waals surface area contributed by atoms with E-state index in [1.165, 1.54) is 4.90 Å². The molecular weight excluding hydrogens is 408 g/mol. The molecule has 0 aliphatic heterocycles. The van der Waals surface area contributed by atoms with Crippen LogP contribution < -0.4 is 10.9 Å². The Labute approximate surface area is 186 Å². The van der Waals surface area contributed by atoms with E-state index < -0.39 is 12.0 Å². The standard InChI is InChI=1S/C24H28N4O4/c1-5-15-28-21(26-20-10-8-7-9-19(20)22(28)29)16(3)27(4)24(31)25-18-13-11-17(12-14-18)23(30)32-6-2/h7-14,16H,5-6,15H2,1-4H3,(H,25,31). The lowest BCUT2D eigenvalue weighted by molar-refractivity contribution is 0.0526. The van der Waals surface area contributed by atoms with Gasteiger partial charge in [0, 0.05) is 19.3 Å². The number of para-hydroxylation sites is 1. The zero-order valence-corrected chi connectivity index (χ0v) is 18.8. The number of anilines is 1. The third kappa shape index (κ3) is 4.80. The van der Waals surface area contributed by atoms with Crippen molar-refractivity contribution in [3.63, 3.8) is 0 Å². The van der Waals surface area contributed by atoms with Crippen LogP contribution in [-0.4, -0.2) is 40.1 Å². The summed E-state index contributed by atoms with van der Waals surface area (Å²) in [6.45, 7) is 6.39. The first-order chi connectivity index (χ1) is 15.4. The average Bonchev–Trinajstić information content (AvgIpc) is 2.80. The van der Waals surface area contributed by atoms with E-state index in [1.807, 2.05) is 26.0 Å². The lowest BCUT2D eigenvalue weighted by Gasteiger charge is -2.27. The summed E-state index contributed by atoms with van der Waals surface area (Å²) in [4.78, 5) is 43.9. The molecule has 3 aromatic rings. The van der Waals surface area contributed by atoms with Gasteiger partial charge < -0.3 is 15.0 Å². The molecule has 0 bridgehead atoms. The molecule has 1 atom stereocenters. The Balaban J connectivity index is 1.83. The fourth-order valence-electron chi connectivity index (χ4n) is 3.41. The largest absolute Gasteiger partial charge is 0.462 e. The summed E-state index contributed by atoms with van der Waals surface area (Å²) >= 11 is 0. The Morgan fingerprint density at radius 1 is 1.12 bits per heavy atom. The maximum absolute atomic E-state index is 13.0. The van der Waals surface area contributed by atoms with E-state index >= 15 is 0 Å². The normalized spacial score (nSPS) is 11.8. The van der Waals surface area contributed by atoms with Crippen LogP contribution >= 0.6 is 0 Å². The lowest BCUT2D eigenvalue weighted by Crippen LogP contribution is -2.37. The van der Waals surface area contributed by atoms with E-state index in [0.29, 0.717) is 41.1 Å². The Morgan fingerprint density at radius 3 is 2.47 bits per heavy atom. The SMILES string of the molecule is CCCn1c(C(C)N(C)C(=O)Nc2ccc(C(=O)OCC)cc2)nc2ccccc2c1=O. The van der Waals surface area contributed by atoms with Gasteiger partial charge in [-0.25, -0.2) is 14.6 Å². The topological polar surface area (TPSA) is 93.5 Å². The van der Waals surface area contributed by atoms with E-state index in [-0.39, 0.29) is 11.6 Å². The monoisotopic (exact) mass is 436 g/mol. The van der Waals surface area contributed by atoms with Gasteiger partial charge in [0.05, 0.1) is 29.1 Å². The number of carbonyl (C=O) groups is 2. The highest BCUT2D eigenvalue weighted by atomic mass is 16.5. The minimum Gasteiger partial charge on any atom is -0.462 e. The number of carbonyl (C=O) groups excluding carboxylic acids is 2. The number of hydrogen-bond donors (Lipinski definition) is 1. The molecule has 2 aromatic carbocycles. The number of ether oxygens (including phenoxy) is 1. The van der Waals surface area contributed by atoms with Crippen molar-refractivity contribution in [1.82, 2.24) is 14.5 Å². The quantitative estimate of drug-likeness (QED) is 0.560. The third-order valence-corrected chi connectivity index (χ3v) is 5.26. The number of fused-ring (bicyclic) bond motifs is 1. The number of rotatable bonds is 7. The second-order valence-corrected chi connectivity index (χ2v) is 7.46. The van der Waals surface area contributed by atoms with Gasteiger partial charge in [-0.2, -0.15) is 0 Å². The number of amides is 2. The molecule has 0 spiro atoms. The van der Waals surface area contributed by atoms with Crippen LogP contribution in [-0.2, 0) is 11.3 Å². The molecule has 0 fully saturated rings. The fraction of sp³-hybridized carbons (Fsp3) is 0.333. The highest BCUT2D eigenvalue weighted by Gasteiger charge is 2.23. The summed E-state index contributed by atoms with van der Waals surface area (Å²) in [7, 11) is 1.66. The average molecular weight is 437 g/mol. The fourth-order valence-corrected chi connectivity index (χ4v) is 3.41. The molecule has 8 nitrogen and oxygen atoms in total. The van der Waals surface area contributed by atoms with Gasteiger partial charge in [-0.05, 0) is 56.7 Å². The van der Waals surface area contributed by atoms with Gasteiger partial charge in [-0.3, -0.25) is 9.36 Å². The molecule has 0 aliphatic carbocycles. The van der Waals surface area contributed by atoms with Crippen molar-refractivity contribution in [3.8, 4) is 0 Å². The maximum atomic E-state index is 13.0. The van der Waals surface area contributed by atoms with Crippen LogP contribution in [0.15, 0.2) is 53.3 Å². The van der Waals surface area contributed by atoms with E-state index in [2.05, 4.69) is 5.32 Å². The van der Waals surface area contributed by atoms with Crippen LogP contribution in [0, 0.1) is 0 Å². The first kappa shape index (κ1) is 23.0. The summed E-state index contributed by atoms with van der Waals surface area (Å²) in [5.74, 6) is 0.123. The van der Waals surface area contributed by atoms with Crippen LogP contribution in [0.4, 0.5) is 10.5 Å². The van der Waals surface area contributed by atoms with Gasteiger partial charge in [0.2, 0.25) is 0 Å². The molecule has 168 valence electrons. The Morgan fingerprint density at radius 2 is 1.81 bits per heavy atom. The van der Waals surface area contributed by atoms with E-state index in [4.69, 9.17) is 9.72 Å². The van der Waals surface area contributed by atoms with Crippen molar-refractivity contribution in [1.29, 1.82) is 0 Å². The molecule has 1 unspecified atom stereocenters. The van der Waals surface area contributed by atoms with Crippen molar-refractivity contribution in [2.45, 2.75) is 39.8 Å². The van der Waals surface area contributed by atoms with E-state index in [0.717, 1.165) is 6.42 Å². The minimum atomic E-state index is -0.447. The van der Waals surface area contributed by atoms with Crippen LogP contribution in [0.25, 0.3) is 10.9 Å². The highest BCUT2D eigenvalue weighted by molar-refractivity contribution is 5.92. The third-order valence-electron chi connectivity index (χ3n) is 5.26. The Hall–Kier alpha value is -3.68. The summed E-state index contributed by atoms with van der Waals surface area (Å²) in [5, 5.41) is 3.37. The van der Waals surface area contributed by atoms with Crippen molar-refractivity contribution in [3.05, 3.63) is 70.3 Å². The number of urea groups is 1. The van der Waals surface area contributed by atoms with Crippen molar-refractivity contribution in [2.75, 3.05) is 19.0 Å². The van der Waals surface area contributed by atoms with Crippen LogP contribution in [0.2, 0.25) is 0 Å². The molecule has 1 aromatic heterocycles. The van der Waals surface area contributed by atoms with Crippen LogP contribution in [0.1, 0.15) is 49.4 Å². The molecule has 2 amide bonds. The molecule has 0 aliphatic rings. The molecule has 3 rings (SSSR count). The minimum absolute atomic E-state index is 0.109. The maximum Gasteiger partial charge on any atom is 0.338 e. The van der Waals surface area contributed by atoms with Crippen LogP contribution in [0.3, 0.4) is 0 Å². The Kier molecular flexibility index (Phi) is 7.25. The van der Waals surface area contributed by atoms with Gasteiger partial charge in [0.25, 0.3) is 5.56 Å². The molecule has 0 saturated carbocycles. The zero-order chi connectivity index (χ0) is 23.3. The predicted molar refractivity (Wildman–Crippen MR) is 124 cm³/mol. The smallest absolute Gasteiger partial charge is 0.338 e. The Bertz CT molecular complexity index is 1170. The van der Waals surface area contributed by atoms with Crippen molar-refractivity contribution >= 4 is 28.6 Å². The first-order valence-corrected chi connectivity index (χ1v) is 10.7. The molecular formula is C24H28N4O4. The second-order valence-electron chi connectivity index (χ2n) is 7.46. The molecule has 0 saturated heterocycles.